The third-order valence-electron chi connectivity index (χ3n) is 2.23. The van der Waals surface area contributed by atoms with Gasteiger partial charge in [0, 0.05) is 22.5 Å². The fourth-order valence-electron chi connectivity index (χ4n) is 1.42. The number of nitrogens with one attached hydrogen (secondary N) is 1. The van der Waals surface area contributed by atoms with Gasteiger partial charge in [0.1, 0.15) is 0 Å². The van der Waals surface area contributed by atoms with E-state index in [1.165, 1.54) is 17.7 Å². The van der Waals surface area contributed by atoms with Gasteiger partial charge < -0.3 is 5.32 Å². The molecule has 1 heterocycles. The standard InChI is InChI=1S/C11H13BrN2S/c1-8-7-9(12)3-4-10(8)14-11-13-5-2-6-15-11/h3-4,7H,2,5-6H2,1H3,(H,13,14). The summed E-state index contributed by atoms with van der Waals surface area (Å²) in [5.41, 5.74) is 2.38. The molecule has 0 spiro atoms. The molecule has 0 aromatic heterocycles. The Morgan fingerprint density at radius 2 is 2.33 bits per heavy atom. The average Bonchev–Trinajstić information content (AvgIpc) is 2.24. The molecule has 1 aliphatic heterocycles. The number of hydrogen-bond acceptors (Lipinski definition) is 3. The fourth-order valence-corrected chi connectivity index (χ4v) is 2.72. The molecule has 0 saturated heterocycles. The van der Waals surface area contributed by atoms with Crippen molar-refractivity contribution >= 4 is 38.5 Å². The Bertz CT molecular complexity index is 390. The maximum absolute atomic E-state index is 4.45. The van der Waals surface area contributed by atoms with Crippen LogP contribution in [0, 0.1) is 6.92 Å². The second-order valence-electron chi connectivity index (χ2n) is 3.47. The number of benzene rings is 1. The van der Waals surface area contributed by atoms with Crippen LogP contribution in [0.15, 0.2) is 27.7 Å². The monoisotopic (exact) mass is 284 g/mol. The highest BCUT2D eigenvalue weighted by molar-refractivity contribution is 9.10. The lowest BCUT2D eigenvalue weighted by molar-refractivity contribution is 0.938. The van der Waals surface area contributed by atoms with Gasteiger partial charge in [0.05, 0.1) is 0 Å². The first-order valence-electron chi connectivity index (χ1n) is 4.96. The summed E-state index contributed by atoms with van der Waals surface area (Å²) in [6.45, 7) is 3.05. The molecular weight excluding hydrogens is 272 g/mol. The molecule has 80 valence electrons. The minimum atomic E-state index is 0.949. The largest absolute Gasteiger partial charge is 0.335 e. The molecular formula is C11H13BrN2S. The Morgan fingerprint density at radius 3 is 3.00 bits per heavy atom. The van der Waals surface area contributed by atoms with Crippen LogP contribution in [0.4, 0.5) is 5.69 Å². The molecule has 1 aliphatic rings. The molecule has 0 fully saturated rings. The predicted octanol–water partition coefficient (Wildman–Crippen LogP) is 3.66. The molecule has 15 heavy (non-hydrogen) atoms. The van der Waals surface area contributed by atoms with Crippen molar-refractivity contribution < 1.29 is 0 Å². The molecule has 0 amide bonds. The Balaban J connectivity index is 2.13. The molecule has 4 heteroatoms. The molecule has 1 aromatic carbocycles. The second-order valence-corrected chi connectivity index (χ2v) is 5.47. The SMILES string of the molecule is Cc1cc(Br)ccc1NC1=NCCCS1. The van der Waals surface area contributed by atoms with Crippen LogP contribution in [-0.4, -0.2) is 17.5 Å². The molecule has 2 nitrogen and oxygen atoms in total. The zero-order valence-corrected chi connectivity index (χ0v) is 11.0. The highest BCUT2D eigenvalue weighted by Crippen LogP contribution is 2.22. The number of nitrogens with zero attached hydrogens (tertiary/aromatic N) is 1. The van der Waals surface area contributed by atoms with E-state index in [-0.39, 0.29) is 0 Å². The quantitative estimate of drug-likeness (QED) is 0.851. The highest BCUT2D eigenvalue weighted by atomic mass is 79.9. The summed E-state index contributed by atoms with van der Waals surface area (Å²) >= 11 is 5.26. The van der Waals surface area contributed by atoms with Crippen LogP contribution in [0.25, 0.3) is 0 Å². The molecule has 1 aromatic rings. The van der Waals surface area contributed by atoms with Gasteiger partial charge in [-0.2, -0.15) is 0 Å². The predicted molar refractivity (Wildman–Crippen MR) is 71.9 cm³/mol. The van der Waals surface area contributed by atoms with Gasteiger partial charge in [-0.15, -0.1) is 0 Å². The van der Waals surface area contributed by atoms with Crippen molar-refractivity contribution in [3.63, 3.8) is 0 Å². The maximum atomic E-state index is 4.45. The summed E-state index contributed by atoms with van der Waals surface area (Å²) in [6, 6.07) is 6.23. The number of halogens is 1. The molecule has 1 N–H and O–H groups in total. The van der Waals surface area contributed by atoms with E-state index in [0.717, 1.165) is 21.9 Å². The maximum Gasteiger partial charge on any atom is 0.161 e. The fraction of sp³-hybridized carbons (Fsp3) is 0.364. The first-order chi connectivity index (χ1) is 7.25. The van der Waals surface area contributed by atoms with Gasteiger partial charge in [0.25, 0.3) is 0 Å². The number of hydrogen-bond donors (Lipinski definition) is 1. The van der Waals surface area contributed by atoms with Crippen molar-refractivity contribution in [2.24, 2.45) is 4.99 Å². The first kappa shape index (κ1) is 11.0. The summed E-state index contributed by atoms with van der Waals surface area (Å²) in [7, 11) is 0. The van der Waals surface area contributed by atoms with Crippen LogP contribution in [0.2, 0.25) is 0 Å². The Hall–Kier alpha value is -0.480. The minimum Gasteiger partial charge on any atom is -0.335 e. The topological polar surface area (TPSA) is 24.4 Å². The van der Waals surface area contributed by atoms with Gasteiger partial charge in [0.2, 0.25) is 0 Å². The van der Waals surface area contributed by atoms with Crippen molar-refractivity contribution in [2.75, 3.05) is 17.6 Å². The summed E-state index contributed by atoms with van der Waals surface area (Å²) < 4.78 is 1.11. The van der Waals surface area contributed by atoms with Gasteiger partial charge in [-0.3, -0.25) is 4.99 Å². The number of rotatable bonds is 1. The third kappa shape index (κ3) is 2.98. The van der Waals surface area contributed by atoms with Crippen molar-refractivity contribution in [3.05, 3.63) is 28.2 Å². The van der Waals surface area contributed by atoms with Crippen LogP contribution in [0.3, 0.4) is 0 Å². The zero-order valence-electron chi connectivity index (χ0n) is 8.59. The Labute approximate surface area is 103 Å². The number of aliphatic imine (C=N–C) groups is 1. The number of thioether (sulfide) groups is 1. The van der Waals surface area contributed by atoms with Crippen LogP contribution >= 0.6 is 27.7 Å². The third-order valence-corrected chi connectivity index (χ3v) is 3.72. The molecule has 0 aliphatic carbocycles. The van der Waals surface area contributed by atoms with E-state index in [0.29, 0.717) is 0 Å². The van der Waals surface area contributed by atoms with Crippen LogP contribution in [0.1, 0.15) is 12.0 Å². The first-order valence-corrected chi connectivity index (χ1v) is 6.74. The van der Waals surface area contributed by atoms with Gasteiger partial charge in [-0.25, -0.2) is 0 Å². The van der Waals surface area contributed by atoms with Crippen LogP contribution in [-0.2, 0) is 0 Å². The van der Waals surface area contributed by atoms with Crippen molar-refractivity contribution in [1.82, 2.24) is 0 Å². The van der Waals surface area contributed by atoms with Gasteiger partial charge in [-0.05, 0) is 37.1 Å². The van der Waals surface area contributed by atoms with Crippen LogP contribution < -0.4 is 5.32 Å². The average molecular weight is 285 g/mol. The van der Waals surface area contributed by atoms with Gasteiger partial charge >= 0.3 is 0 Å². The Morgan fingerprint density at radius 1 is 1.47 bits per heavy atom. The molecule has 0 unspecified atom stereocenters. The van der Waals surface area contributed by atoms with E-state index in [9.17, 15) is 0 Å². The summed E-state index contributed by atoms with van der Waals surface area (Å²) in [4.78, 5) is 4.45. The number of anilines is 1. The van der Waals surface area contributed by atoms with E-state index in [1.54, 1.807) is 11.8 Å². The number of amidine groups is 1. The zero-order chi connectivity index (χ0) is 10.7. The van der Waals surface area contributed by atoms with E-state index < -0.39 is 0 Å². The van der Waals surface area contributed by atoms with Crippen molar-refractivity contribution in [1.29, 1.82) is 0 Å². The summed E-state index contributed by atoms with van der Waals surface area (Å²) in [6.07, 6.45) is 1.19. The van der Waals surface area contributed by atoms with Gasteiger partial charge in [0.15, 0.2) is 5.17 Å². The highest BCUT2D eigenvalue weighted by Gasteiger charge is 2.07. The molecule has 0 bridgehead atoms. The lowest BCUT2D eigenvalue weighted by atomic mass is 10.2. The van der Waals surface area contributed by atoms with Crippen LogP contribution in [0.5, 0.6) is 0 Å². The number of aryl methyl sites for hydroxylation is 1. The van der Waals surface area contributed by atoms with E-state index in [4.69, 9.17) is 0 Å². The second kappa shape index (κ2) is 5.03. The van der Waals surface area contributed by atoms with E-state index in [1.807, 2.05) is 6.07 Å². The molecule has 0 radical (unpaired) electrons. The molecule has 2 rings (SSSR count). The molecule has 0 saturated carbocycles. The summed E-state index contributed by atoms with van der Waals surface area (Å²) in [5, 5.41) is 4.42. The minimum absolute atomic E-state index is 0.949. The lowest BCUT2D eigenvalue weighted by Crippen LogP contribution is -2.13. The summed E-state index contributed by atoms with van der Waals surface area (Å²) in [5.74, 6) is 1.17. The van der Waals surface area contributed by atoms with Crippen molar-refractivity contribution in [3.8, 4) is 0 Å². The molecule has 0 atom stereocenters. The van der Waals surface area contributed by atoms with E-state index >= 15 is 0 Å². The van der Waals surface area contributed by atoms with Gasteiger partial charge in [-0.1, -0.05) is 27.7 Å². The van der Waals surface area contributed by atoms with E-state index in [2.05, 4.69) is 45.3 Å². The normalized spacial score (nSPS) is 16.0. The lowest BCUT2D eigenvalue weighted by Gasteiger charge is -2.14. The smallest absolute Gasteiger partial charge is 0.161 e. The Kier molecular flexibility index (Phi) is 3.70. The van der Waals surface area contributed by atoms with Crippen molar-refractivity contribution in [2.45, 2.75) is 13.3 Å².